The summed E-state index contributed by atoms with van der Waals surface area (Å²) in [5.41, 5.74) is 2.59. The zero-order chi connectivity index (χ0) is 17.9. The van der Waals surface area contributed by atoms with E-state index in [1.165, 1.54) is 12.3 Å². The van der Waals surface area contributed by atoms with Crippen LogP contribution in [0.5, 0.6) is 5.75 Å². The fourth-order valence-corrected chi connectivity index (χ4v) is 3.00. The third-order valence-electron chi connectivity index (χ3n) is 4.25. The number of para-hydroxylation sites is 1. The van der Waals surface area contributed by atoms with Crippen LogP contribution in [0, 0.1) is 0 Å². The van der Waals surface area contributed by atoms with E-state index < -0.39 is 0 Å². The van der Waals surface area contributed by atoms with Crippen LogP contribution in [-0.2, 0) is 6.54 Å². The maximum Gasteiger partial charge on any atom is 0.273 e. The van der Waals surface area contributed by atoms with Crippen molar-refractivity contribution in [1.29, 1.82) is 0 Å². The van der Waals surface area contributed by atoms with E-state index in [9.17, 15) is 9.90 Å². The van der Waals surface area contributed by atoms with Crippen molar-refractivity contribution in [2.24, 2.45) is 0 Å². The third-order valence-corrected chi connectivity index (χ3v) is 4.25. The first kappa shape index (κ1) is 15.9. The zero-order valence-electron chi connectivity index (χ0n) is 14.0. The highest BCUT2D eigenvalue weighted by molar-refractivity contribution is 6.06. The lowest BCUT2D eigenvalue weighted by atomic mass is 10.2. The van der Waals surface area contributed by atoms with E-state index in [1.54, 1.807) is 6.07 Å². The molecule has 128 valence electrons. The van der Waals surface area contributed by atoms with Gasteiger partial charge in [-0.2, -0.15) is 0 Å². The number of carbonyl (C=O) groups excluding carboxylic acids is 1. The molecule has 0 aliphatic heterocycles. The molecule has 1 amide bonds. The number of nitrogens with zero attached hydrogens (tertiary/aromatic N) is 2. The molecule has 0 aliphatic carbocycles. The van der Waals surface area contributed by atoms with Gasteiger partial charge in [-0.1, -0.05) is 48.5 Å². The van der Waals surface area contributed by atoms with E-state index in [0.29, 0.717) is 12.2 Å². The van der Waals surface area contributed by atoms with Crippen molar-refractivity contribution >= 4 is 22.6 Å². The van der Waals surface area contributed by atoms with Crippen molar-refractivity contribution < 1.29 is 9.90 Å². The Kier molecular flexibility index (Phi) is 4.11. The number of benzene rings is 2. The monoisotopic (exact) mass is 343 g/mol. The minimum Gasteiger partial charge on any atom is -0.504 e. The second kappa shape index (κ2) is 6.72. The van der Waals surface area contributed by atoms with Gasteiger partial charge in [-0.15, -0.1) is 0 Å². The molecule has 4 aromatic rings. The van der Waals surface area contributed by atoms with Crippen molar-refractivity contribution in [2.75, 3.05) is 5.32 Å². The average Bonchev–Trinajstić information content (AvgIpc) is 3.03. The molecule has 0 saturated carbocycles. The van der Waals surface area contributed by atoms with Gasteiger partial charge in [0, 0.05) is 23.6 Å². The van der Waals surface area contributed by atoms with Gasteiger partial charge in [0.1, 0.15) is 5.69 Å². The van der Waals surface area contributed by atoms with Gasteiger partial charge in [-0.3, -0.25) is 4.79 Å². The molecule has 5 heteroatoms. The second-order valence-corrected chi connectivity index (χ2v) is 5.99. The Labute approximate surface area is 150 Å². The van der Waals surface area contributed by atoms with Crippen molar-refractivity contribution in [1.82, 2.24) is 9.55 Å². The summed E-state index contributed by atoms with van der Waals surface area (Å²) in [6.07, 6.45) is 1.52. The Morgan fingerprint density at radius 3 is 2.58 bits per heavy atom. The first-order valence-electron chi connectivity index (χ1n) is 8.30. The Morgan fingerprint density at radius 2 is 1.77 bits per heavy atom. The summed E-state index contributed by atoms with van der Waals surface area (Å²) >= 11 is 0. The van der Waals surface area contributed by atoms with Crippen LogP contribution in [0.25, 0.3) is 10.9 Å². The number of aromatic hydroxyl groups is 1. The number of anilines is 1. The smallest absolute Gasteiger partial charge is 0.273 e. The highest BCUT2D eigenvalue weighted by atomic mass is 16.3. The van der Waals surface area contributed by atoms with Gasteiger partial charge >= 0.3 is 0 Å². The predicted molar refractivity (Wildman–Crippen MR) is 101 cm³/mol. The molecule has 5 nitrogen and oxygen atoms in total. The van der Waals surface area contributed by atoms with Gasteiger partial charge in [0.2, 0.25) is 0 Å². The van der Waals surface area contributed by atoms with Crippen molar-refractivity contribution in [3.63, 3.8) is 0 Å². The molecule has 4 rings (SSSR count). The number of fused-ring (bicyclic) bond motifs is 1. The van der Waals surface area contributed by atoms with Gasteiger partial charge < -0.3 is 15.0 Å². The lowest BCUT2D eigenvalue weighted by molar-refractivity contribution is 0.101. The number of carbonyl (C=O) groups is 1. The summed E-state index contributed by atoms with van der Waals surface area (Å²) in [5.74, 6) is -0.230. The minimum absolute atomic E-state index is 0.0634. The van der Waals surface area contributed by atoms with Crippen LogP contribution in [0.15, 0.2) is 79.0 Å². The van der Waals surface area contributed by atoms with Crippen LogP contribution in [-0.4, -0.2) is 20.6 Å². The Hall–Kier alpha value is -3.60. The largest absolute Gasteiger partial charge is 0.504 e. The number of rotatable bonds is 4. The number of hydrogen-bond donors (Lipinski definition) is 2. The second-order valence-electron chi connectivity index (χ2n) is 5.99. The average molecular weight is 343 g/mol. The van der Waals surface area contributed by atoms with Crippen LogP contribution in [0.2, 0.25) is 0 Å². The number of pyridine rings is 1. The molecule has 26 heavy (non-hydrogen) atoms. The Bertz CT molecular complexity index is 1070. The molecule has 0 unspecified atom stereocenters. The lowest BCUT2D eigenvalue weighted by Crippen LogP contribution is -2.18. The number of aromatic nitrogens is 2. The molecule has 0 radical (unpaired) electrons. The van der Waals surface area contributed by atoms with Crippen molar-refractivity contribution in [3.05, 3.63) is 90.3 Å². The number of hydrogen-bond acceptors (Lipinski definition) is 3. The molecule has 0 spiro atoms. The van der Waals surface area contributed by atoms with E-state index in [-0.39, 0.29) is 17.5 Å². The SMILES string of the molecule is O=C(Nc1ncccc1O)c1cc2ccccc2n1Cc1ccccc1. The van der Waals surface area contributed by atoms with Crippen molar-refractivity contribution in [3.8, 4) is 5.75 Å². The third kappa shape index (κ3) is 3.02. The Balaban J connectivity index is 1.75. The zero-order valence-corrected chi connectivity index (χ0v) is 14.0. The molecule has 0 atom stereocenters. The summed E-state index contributed by atoms with van der Waals surface area (Å²) in [6, 6.07) is 22.8. The van der Waals surface area contributed by atoms with E-state index >= 15 is 0 Å². The van der Waals surface area contributed by atoms with Crippen LogP contribution in [0.3, 0.4) is 0 Å². The van der Waals surface area contributed by atoms with E-state index in [0.717, 1.165) is 16.5 Å². The van der Waals surface area contributed by atoms with Gasteiger partial charge in [0.05, 0.1) is 0 Å². The summed E-state index contributed by atoms with van der Waals surface area (Å²) in [5, 5.41) is 13.5. The fourth-order valence-electron chi connectivity index (χ4n) is 3.00. The first-order chi connectivity index (χ1) is 12.7. The number of amides is 1. The maximum atomic E-state index is 12.9. The van der Waals surface area contributed by atoms with Crippen LogP contribution in [0.1, 0.15) is 16.1 Å². The summed E-state index contributed by atoms with van der Waals surface area (Å²) in [4.78, 5) is 16.9. The lowest BCUT2D eigenvalue weighted by Gasteiger charge is -2.11. The van der Waals surface area contributed by atoms with Gasteiger partial charge in [-0.25, -0.2) is 4.98 Å². The highest BCUT2D eigenvalue weighted by Gasteiger charge is 2.17. The molecule has 2 N–H and O–H groups in total. The molecule has 0 bridgehead atoms. The summed E-state index contributed by atoms with van der Waals surface area (Å²) in [7, 11) is 0. The predicted octanol–water partition coefficient (Wildman–Crippen LogP) is 4.04. The topological polar surface area (TPSA) is 67.2 Å². The molecule has 2 aromatic carbocycles. The number of nitrogens with one attached hydrogen (secondary N) is 1. The van der Waals surface area contributed by atoms with Crippen LogP contribution < -0.4 is 5.32 Å². The minimum atomic E-state index is -0.314. The molecule has 2 heterocycles. The van der Waals surface area contributed by atoms with Gasteiger partial charge in [0.15, 0.2) is 11.6 Å². The fraction of sp³-hybridized carbons (Fsp3) is 0.0476. The molecule has 0 aliphatic rings. The highest BCUT2D eigenvalue weighted by Crippen LogP contribution is 2.24. The van der Waals surface area contributed by atoms with Crippen molar-refractivity contribution in [2.45, 2.75) is 6.54 Å². The summed E-state index contributed by atoms with van der Waals surface area (Å²) in [6.45, 7) is 0.575. The van der Waals surface area contributed by atoms with E-state index in [1.807, 2.05) is 65.2 Å². The summed E-state index contributed by atoms with van der Waals surface area (Å²) < 4.78 is 1.97. The Morgan fingerprint density at radius 1 is 1.00 bits per heavy atom. The van der Waals surface area contributed by atoms with Crippen LogP contribution in [0.4, 0.5) is 5.82 Å². The molecule has 0 fully saturated rings. The molecule has 0 saturated heterocycles. The maximum absolute atomic E-state index is 12.9. The molecule has 2 aromatic heterocycles. The normalized spacial score (nSPS) is 10.8. The quantitative estimate of drug-likeness (QED) is 0.587. The van der Waals surface area contributed by atoms with Gasteiger partial charge in [-0.05, 0) is 29.8 Å². The standard InChI is InChI=1S/C21H17N3O2/c25-19-11-6-12-22-20(19)23-21(26)18-13-16-9-4-5-10-17(16)24(18)14-15-7-2-1-3-8-15/h1-13,25H,14H2,(H,22,23,26). The van der Waals surface area contributed by atoms with E-state index in [4.69, 9.17) is 0 Å². The first-order valence-corrected chi connectivity index (χ1v) is 8.30. The van der Waals surface area contributed by atoms with Crippen LogP contribution >= 0.6 is 0 Å². The van der Waals surface area contributed by atoms with E-state index in [2.05, 4.69) is 10.3 Å². The van der Waals surface area contributed by atoms with Gasteiger partial charge in [0.25, 0.3) is 5.91 Å². The molecular weight excluding hydrogens is 326 g/mol. The molecular formula is C21H17N3O2.